The molecule has 0 aliphatic rings. The van der Waals surface area contributed by atoms with Crippen molar-refractivity contribution in [1.82, 2.24) is 0 Å². The molecule has 0 atom stereocenters. The number of phenolic OH excluding ortho intramolecular Hbond substituents is 2. The Morgan fingerprint density at radius 1 is 0.667 bits per heavy atom. The molecule has 2 rings (SSSR count). The molecule has 0 fully saturated rings. The predicted molar refractivity (Wildman–Crippen MR) is 80.6 cm³/mol. The summed E-state index contributed by atoms with van der Waals surface area (Å²) in [5.41, 5.74) is 2.53. The van der Waals surface area contributed by atoms with Crippen LogP contribution in [0.4, 0.5) is 0 Å². The molecular weight excluding hydrogens is 288 g/mol. The first-order chi connectivity index (χ1) is 9.64. The largest absolute Gasteiger partial charge is 0.508 e. The standard InChI is InChI=1S/C16H18O4S/c1-9-5-14(18)16(7-10(9)2)21(19,20)15-8-11(3)13(17)6-12(15)4/h5-8,17-18H,1-4H3. The Bertz CT molecular complexity index is 757. The summed E-state index contributed by atoms with van der Waals surface area (Å²) < 4.78 is 25.5. The topological polar surface area (TPSA) is 74.6 Å². The van der Waals surface area contributed by atoms with E-state index in [0.717, 1.165) is 11.1 Å². The van der Waals surface area contributed by atoms with Crippen LogP contribution in [-0.4, -0.2) is 18.6 Å². The molecule has 21 heavy (non-hydrogen) atoms. The van der Waals surface area contributed by atoms with E-state index in [1.165, 1.54) is 24.3 Å². The van der Waals surface area contributed by atoms with E-state index >= 15 is 0 Å². The van der Waals surface area contributed by atoms with E-state index in [-0.39, 0.29) is 21.3 Å². The number of benzene rings is 2. The fraction of sp³-hybridized carbons (Fsp3) is 0.250. The van der Waals surface area contributed by atoms with Crippen LogP contribution in [-0.2, 0) is 9.84 Å². The van der Waals surface area contributed by atoms with Crippen LogP contribution >= 0.6 is 0 Å². The highest BCUT2D eigenvalue weighted by Crippen LogP contribution is 2.34. The normalized spacial score (nSPS) is 11.6. The van der Waals surface area contributed by atoms with Crippen molar-refractivity contribution in [1.29, 1.82) is 0 Å². The SMILES string of the molecule is Cc1cc(O)c(S(=O)(=O)c2cc(C)c(O)cc2C)cc1C. The minimum Gasteiger partial charge on any atom is -0.508 e. The maximum Gasteiger partial charge on any atom is 0.210 e. The Morgan fingerprint density at radius 3 is 1.76 bits per heavy atom. The van der Waals surface area contributed by atoms with Gasteiger partial charge >= 0.3 is 0 Å². The fourth-order valence-electron chi connectivity index (χ4n) is 2.17. The van der Waals surface area contributed by atoms with E-state index in [1.807, 2.05) is 0 Å². The maximum atomic E-state index is 12.8. The third-order valence-corrected chi connectivity index (χ3v) is 5.57. The van der Waals surface area contributed by atoms with E-state index < -0.39 is 9.84 Å². The lowest BCUT2D eigenvalue weighted by molar-refractivity contribution is 0.458. The van der Waals surface area contributed by atoms with Crippen LogP contribution in [0, 0.1) is 27.7 Å². The Labute approximate surface area is 124 Å². The molecule has 0 spiro atoms. The van der Waals surface area contributed by atoms with Gasteiger partial charge in [0.2, 0.25) is 9.84 Å². The van der Waals surface area contributed by atoms with E-state index in [2.05, 4.69) is 0 Å². The molecule has 112 valence electrons. The van der Waals surface area contributed by atoms with Gasteiger partial charge in [0.05, 0.1) is 4.90 Å². The van der Waals surface area contributed by atoms with Crippen molar-refractivity contribution in [2.75, 3.05) is 0 Å². The molecule has 0 saturated carbocycles. The lowest BCUT2D eigenvalue weighted by Crippen LogP contribution is -2.06. The van der Waals surface area contributed by atoms with Crippen molar-refractivity contribution in [3.8, 4) is 11.5 Å². The number of phenols is 2. The Balaban J connectivity index is 2.74. The third-order valence-electron chi connectivity index (χ3n) is 3.65. The summed E-state index contributed by atoms with van der Waals surface area (Å²) in [7, 11) is -3.84. The fourth-order valence-corrected chi connectivity index (χ4v) is 3.89. The highest BCUT2D eigenvalue weighted by molar-refractivity contribution is 7.91. The summed E-state index contributed by atoms with van der Waals surface area (Å²) in [6, 6.07) is 5.77. The lowest BCUT2D eigenvalue weighted by atomic mass is 10.1. The van der Waals surface area contributed by atoms with Crippen molar-refractivity contribution < 1.29 is 18.6 Å². The quantitative estimate of drug-likeness (QED) is 0.893. The predicted octanol–water partition coefficient (Wildman–Crippen LogP) is 3.16. The number of sulfone groups is 1. The van der Waals surface area contributed by atoms with E-state index in [9.17, 15) is 18.6 Å². The monoisotopic (exact) mass is 306 g/mol. The molecule has 4 nitrogen and oxygen atoms in total. The van der Waals surface area contributed by atoms with Crippen molar-refractivity contribution in [2.24, 2.45) is 0 Å². The molecule has 0 bridgehead atoms. The molecule has 0 unspecified atom stereocenters. The molecule has 0 saturated heterocycles. The molecule has 0 aromatic heterocycles. The highest BCUT2D eigenvalue weighted by atomic mass is 32.2. The summed E-state index contributed by atoms with van der Waals surface area (Å²) in [6.45, 7) is 6.85. The molecule has 0 heterocycles. The van der Waals surface area contributed by atoms with Crippen LogP contribution in [0.5, 0.6) is 11.5 Å². The molecule has 5 heteroatoms. The highest BCUT2D eigenvalue weighted by Gasteiger charge is 2.25. The molecule has 2 N–H and O–H groups in total. The van der Waals surface area contributed by atoms with E-state index in [4.69, 9.17) is 0 Å². The molecule has 0 radical (unpaired) electrons. The van der Waals surface area contributed by atoms with Crippen molar-refractivity contribution in [2.45, 2.75) is 37.5 Å². The number of hydrogen-bond donors (Lipinski definition) is 2. The summed E-state index contributed by atoms with van der Waals surface area (Å²) in [5.74, 6) is -0.209. The van der Waals surface area contributed by atoms with E-state index in [1.54, 1.807) is 27.7 Å². The van der Waals surface area contributed by atoms with Crippen molar-refractivity contribution in [3.05, 3.63) is 46.5 Å². The summed E-state index contributed by atoms with van der Waals surface area (Å²) in [5, 5.41) is 19.7. The number of hydrogen-bond acceptors (Lipinski definition) is 4. The summed E-state index contributed by atoms with van der Waals surface area (Å²) in [4.78, 5) is -0.0184. The van der Waals surface area contributed by atoms with Gasteiger partial charge in [-0.1, -0.05) is 0 Å². The van der Waals surface area contributed by atoms with Gasteiger partial charge in [-0.25, -0.2) is 8.42 Å². The zero-order valence-electron chi connectivity index (χ0n) is 12.4. The second-order valence-electron chi connectivity index (χ2n) is 5.31. The third kappa shape index (κ3) is 2.61. The Hall–Kier alpha value is -2.01. The van der Waals surface area contributed by atoms with Crippen LogP contribution in [0.2, 0.25) is 0 Å². The maximum absolute atomic E-state index is 12.8. The Kier molecular flexibility index (Phi) is 3.72. The molecular formula is C16H18O4S. The van der Waals surface area contributed by atoms with Gasteiger partial charge in [0, 0.05) is 0 Å². The summed E-state index contributed by atoms with van der Waals surface area (Å²) in [6.07, 6.45) is 0. The molecule has 0 amide bonds. The van der Waals surface area contributed by atoms with Crippen molar-refractivity contribution in [3.63, 3.8) is 0 Å². The number of rotatable bonds is 2. The van der Waals surface area contributed by atoms with E-state index in [0.29, 0.717) is 11.1 Å². The summed E-state index contributed by atoms with van der Waals surface area (Å²) >= 11 is 0. The Morgan fingerprint density at radius 2 is 1.14 bits per heavy atom. The molecule has 2 aromatic carbocycles. The van der Waals surface area contributed by atoms with Crippen LogP contribution in [0.15, 0.2) is 34.1 Å². The van der Waals surface area contributed by atoms with Crippen LogP contribution < -0.4 is 0 Å². The van der Waals surface area contributed by atoms with Gasteiger partial charge in [-0.3, -0.25) is 0 Å². The van der Waals surface area contributed by atoms with Crippen LogP contribution in [0.25, 0.3) is 0 Å². The zero-order chi connectivity index (χ0) is 15.9. The first-order valence-electron chi connectivity index (χ1n) is 6.50. The number of aromatic hydroxyl groups is 2. The molecule has 2 aromatic rings. The zero-order valence-corrected chi connectivity index (χ0v) is 13.2. The van der Waals surface area contributed by atoms with Gasteiger partial charge in [0.1, 0.15) is 16.4 Å². The van der Waals surface area contributed by atoms with Gasteiger partial charge in [0.25, 0.3) is 0 Å². The van der Waals surface area contributed by atoms with Gasteiger partial charge in [0.15, 0.2) is 0 Å². The van der Waals surface area contributed by atoms with Gasteiger partial charge in [-0.05, 0) is 74.2 Å². The second kappa shape index (κ2) is 5.07. The smallest absolute Gasteiger partial charge is 0.210 e. The lowest BCUT2D eigenvalue weighted by Gasteiger charge is -2.13. The average Bonchev–Trinajstić information content (AvgIpc) is 2.37. The molecule has 0 aliphatic heterocycles. The average molecular weight is 306 g/mol. The molecule has 0 aliphatic carbocycles. The van der Waals surface area contributed by atoms with Gasteiger partial charge < -0.3 is 10.2 Å². The van der Waals surface area contributed by atoms with Crippen LogP contribution in [0.3, 0.4) is 0 Å². The number of aryl methyl sites for hydroxylation is 4. The first-order valence-corrected chi connectivity index (χ1v) is 7.98. The minimum absolute atomic E-state index is 0.0516. The second-order valence-corrected chi connectivity index (χ2v) is 7.20. The van der Waals surface area contributed by atoms with Gasteiger partial charge in [-0.15, -0.1) is 0 Å². The van der Waals surface area contributed by atoms with Gasteiger partial charge in [-0.2, -0.15) is 0 Å². The minimum atomic E-state index is -3.84. The first kappa shape index (κ1) is 15.4. The van der Waals surface area contributed by atoms with Crippen molar-refractivity contribution >= 4 is 9.84 Å². The van der Waals surface area contributed by atoms with Crippen LogP contribution in [0.1, 0.15) is 22.3 Å².